The number of hydrogen-bond donors (Lipinski definition) is 1. The van der Waals surface area contributed by atoms with Gasteiger partial charge in [-0.15, -0.1) is 0 Å². The van der Waals surface area contributed by atoms with E-state index in [2.05, 4.69) is 37.4 Å². The molecular formula is C16H25NO. The summed E-state index contributed by atoms with van der Waals surface area (Å²) in [5.74, 6) is 0.222. The summed E-state index contributed by atoms with van der Waals surface area (Å²) >= 11 is 0. The van der Waals surface area contributed by atoms with Gasteiger partial charge in [0.1, 0.15) is 0 Å². The largest absolute Gasteiger partial charge is 0.353 e. The van der Waals surface area contributed by atoms with Gasteiger partial charge in [-0.2, -0.15) is 0 Å². The lowest BCUT2D eigenvalue weighted by Crippen LogP contribution is -2.38. The molecule has 1 saturated carbocycles. The normalized spacial score (nSPS) is 20.9. The molecule has 0 aromatic rings. The number of hydrogen-bond acceptors (Lipinski definition) is 1. The predicted molar refractivity (Wildman–Crippen MR) is 75.3 cm³/mol. The fourth-order valence-electron chi connectivity index (χ4n) is 2.99. The topological polar surface area (TPSA) is 29.1 Å². The first kappa shape index (κ1) is 13.4. The fraction of sp³-hybridized carbons (Fsp3) is 0.688. The zero-order valence-electron chi connectivity index (χ0n) is 11.7. The summed E-state index contributed by atoms with van der Waals surface area (Å²) in [5.41, 5.74) is 1.36. The second-order valence-corrected chi connectivity index (χ2v) is 6.29. The number of nitrogens with one attached hydrogen (secondary N) is 1. The zero-order valence-corrected chi connectivity index (χ0v) is 11.7. The first-order valence-electron chi connectivity index (χ1n) is 7.23. The van der Waals surface area contributed by atoms with E-state index in [0.717, 1.165) is 19.3 Å². The molecule has 0 heterocycles. The molecule has 0 saturated heterocycles. The van der Waals surface area contributed by atoms with Gasteiger partial charge in [0.05, 0.1) is 0 Å². The minimum atomic E-state index is -0.0117. The Morgan fingerprint density at radius 1 is 1.33 bits per heavy atom. The fourth-order valence-corrected chi connectivity index (χ4v) is 2.99. The van der Waals surface area contributed by atoms with Gasteiger partial charge in [0, 0.05) is 12.5 Å². The highest BCUT2D eigenvalue weighted by Gasteiger charge is 2.27. The van der Waals surface area contributed by atoms with Gasteiger partial charge in [-0.25, -0.2) is 0 Å². The van der Waals surface area contributed by atoms with Crippen molar-refractivity contribution in [3.8, 4) is 0 Å². The molecule has 0 bridgehead atoms. The molecule has 2 nitrogen and oxygen atoms in total. The van der Waals surface area contributed by atoms with Crippen molar-refractivity contribution in [3.05, 3.63) is 23.8 Å². The first-order valence-corrected chi connectivity index (χ1v) is 7.23. The maximum atomic E-state index is 12.1. The Labute approximate surface area is 111 Å². The summed E-state index contributed by atoms with van der Waals surface area (Å²) in [4.78, 5) is 12.1. The summed E-state index contributed by atoms with van der Waals surface area (Å²) in [5, 5.41) is 3.21. The van der Waals surface area contributed by atoms with E-state index < -0.39 is 0 Å². The predicted octanol–water partition coefficient (Wildman–Crippen LogP) is 3.74. The molecule has 0 atom stereocenters. The van der Waals surface area contributed by atoms with E-state index in [1.165, 1.54) is 24.8 Å². The Balaban J connectivity index is 1.82. The van der Waals surface area contributed by atoms with Crippen LogP contribution in [0.4, 0.5) is 0 Å². The van der Waals surface area contributed by atoms with Gasteiger partial charge in [0.2, 0.25) is 5.91 Å². The van der Waals surface area contributed by atoms with Crippen LogP contribution in [-0.2, 0) is 4.79 Å². The molecule has 2 rings (SSSR count). The van der Waals surface area contributed by atoms with Crippen molar-refractivity contribution in [2.24, 2.45) is 5.41 Å². The lowest BCUT2D eigenvalue weighted by Gasteiger charge is -2.28. The van der Waals surface area contributed by atoms with E-state index in [0.29, 0.717) is 12.5 Å². The lowest BCUT2D eigenvalue weighted by atomic mass is 9.80. The van der Waals surface area contributed by atoms with Crippen LogP contribution in [0.3, 0.4) is 0 Å². The van der Waals surface area contributed by atoms with Crippen LogP contribution in [0.5, 0.6) is 0 Å². The molecule has 0 unspecified atom stereocenters. The molecule has 0 aromatic carbocycles. The summed E-state index contributed by atoms with van der Waals surface area (Å²) in [6, 6.07) is 0.428. The summed E-state index contributed by atoms with van der Waals surface area (Å²) in [7, 11) is 0. The minimum Gasteiger partial charge on any atom is -0.353 e. The Hall–Kier alpha value is -1.05. The maximum absolute atomic E-state index is 12.1. The number of rotatable bonds is 4. The van der Waals surface area contributed by atoms with Crippen LogP contribution < -0.4 is 5.32 Å². The van der Waals surface area contributed by atoms with E-state index in [1.54, 1.807) is 0 Å². The van der Waals surface area contributed by atoms with E-state index in [1.807, 2.05) is 0 Å². The second-order valence-electron chi connectivity index (χ2n) is 6.29. The Morgan fingerprint density at radius 2 is 2.06 bits per heavy atom. The van der Waals surface area contributed by atoms with Gasteiger partial charge in [0.15, 0.2) is 0 Å². The van der Waals surface area contributed by atoms with Crippen molar-refractivity contribution in [2.75, 3.05) is 0 Å². The number of carbonyl (C=O) groups excluding carboxylic acids is 1. The highest BCUT2D eigenvalue weighted by atomic mass is 16.1. The van der Waals surface area contributed by atoms with E-state index >= 15 is 0 Å². The summed E-state index contributed by atoms with van der Waals surface area (Å²) in [6.07, 6.45) is 14.2. The molecule has 1 N–H and O–H groups in total. The average molecular weight is 247 g/mol. The quantitative estimate of drug-likeness (QED) is 0.805. The molecule has 2 aliphatic rings. The van der Waals surface area contributed by atoms with Crippen molar-refractivity contribution in [3.63, 3.8) is 0 Å². The van der Waals surface area contributed by atoms with Crippen LogP contribution in [0.1, 0.15) is 58.8 Å². The summed E-state index contributed by atoms with van der Waals surface area (Å²) < 4.78 is 0. The van der Waals surface area contributed by atoms with Gasteiger partial charge in [0.25, 0.3) is 0 Å². The van der Waals surface area contributed by atoms with Crippen molar-refractivity contribution >= 4 is 5.91 Å². The van der Waals surface area contributed by atoms with E-state index in [9.17, 15) is 4.79 Å². The molecular weight excluding hydrogens is 222 g/mol. The van der Waals surface area contributed by atoms with E-state index in [-0.39, 0.29) is 11.3 Å². The van der Waals surface area contributed by atoms with E-state index in [4.69, 9.17) is 0 Å². The lowest BCUT2D eigenvalue weighted by molar-refractivity contribution is -0.123. The van der Waals surface area contributed by atoms with Crippen LogP contribution in [-0.4, -0.2) is 11.9 Å². The van der Waals surface area contributed by atoms with Crippen LogP contribution in [0.25, 0.3) is 0 Å². The average Bonchev–Trinajstić information content (AvgIpc) is 2.83. The van der Waals surface area contributed by atoms with Crippen LogP contribution in [0, 0.1) is 5.41 Å². The third-order valence-electron chi connectivity index (χ3n) is 4.21. The first-order chi connectivity index (χ1) is 8.58. The molecule has 0 aromatic heterocycles. The van der Waals surface area contributed by atoms with Gasteiger partial charge in [-0.1, -0.05) is 56.9 Å². The summed E-state index contributed by atoms with van der Waals surface area (Å²) in [6.45, 7) is 4.35. The molecule has 1 amide bonds. The van der Waals surface area contributed by atoms with Crippen LogP contribution >= 0.6 is 0 Å². The molecule has 0 spiro atoms. The number of amides is 1. The molecule has 0 radical (unpaired) electrons. The highest BCUT2D eigenvalue weighted by molar-refractivity contribution is 5.77. The van der Waals surface area contributed by atoms with Crippen molar-refractivity contribution in [1.29, 1.82) is 0 Å². The second kappa shape index (κ2) is 5.73. The third-order valence-corrected chi connectivity index (χ3v) is 4.21. The smallest absolute Gasteiger partial charge is 0.221 e. The van der Waals surface area contributed by atoms with Gasteiger partial charge in [-0.05, 0) is 24.7 Å². The van der Waals surface area contributed by atoms with Crippen molar-refractivity contribution in [1.82, 2.24) is 5.32 Å². The third kappa shape index (κ3) is 3.47. The van der Waals surface area contributed by atoms with Crippen molar-refractivity contribution < 1.29 is 4.79 Å². The maximum Gasteiger partial charge on any atom is 0.221 e. The minimum absolute atomic E-state index is 0.0117. The Kier molecular flexibility index (Phi) is 4.26. The Morgan fingerprint density at radius 3 is 2.67 bits per heavy atom. The van der Waals surface area contributed by atoms with Gasteiger partial charge in [-0.3, -0.25) is 4.79 Å². The van der Waals surface area contributed by atoms with Gasteiger partial charge < -0.3 is 5.32 Å². The SMILES string of the molecule is CC(C)(CC(=O)NC1CCCCC1)C1=CC=CC1. The molecule has 2 heteroatoms. The molecule has 100 valence electrons. The monoisotopic (exact) mass is 247 g/mol. The molecule has 18 heavy (non-hydrogen) atoms. The molecule has 2 aliphatic carbocycles. The standard InChI is InChI=1S/C16H25NO/c1-16(2,13-8-6-7-9-13)12-15(18)17-14-10-4-3-5-11-14/h6-8,14H,3-5,9-12H2,1-2H3,(H,17,18). The van der Waals surface area contributed by atoms with Gasteiger partial charge >= 0.3 is 0 Å². The zero-order chi connectivity index (χ0) is 13.0. The Bertz CT molecular complexity index is 359. The molecule has 1 fully saturated rings. The number of allylic oxidation sites excluding steroid dienone is 4. The molecule has 0 aliphatic heterocycles. The van der Waals surface area contributed by atoms with Crippen LogP contribution in [0.15, 0.2) is 23.8 Å². The number of carbonyl (C=O) groups is 1. The van der Waals surface area contributed by atoms with Crippen molar-refractivity contribution in [2.45, 2.75) is 64.8 Å². The highest BCUT2D eigenvalue weighted by Crippen LogP contribution is 2.35. The van der Waals surface area contributed by atoms with Crippen LogP contribution in [0.2, 0.25) is 0 Å².